The minimum Gasteiger partial charge on any atom is -0.469 e. The van der Waals surface area contributed by atoms with Gasteiger partial charge in [-0.25, -0.2) is 0 Å². The molecule has 0 aliphatic heterocycles. The molecule has 17 heavy (non-hydrogen) atoms. The van der Waals surface area contributed by atoms with E-state index in [-0.39, 0.29) is 5.69 Å². The first-order valence-electron chi connectivity index (χ1n) is 4.97. The van der Waals surface area contributed by atoms with Crippen LogP contribution in [0, 0.1) is 16.0 Å². The van der Waals surface area contributed by atoms with E-state index in [1.807, 2.05) is 0 Å². The van der Waals surface area contributed by atoms with Crippen molar-refractivity contribution in [2.24, 2.45) is 5.92 Å². The second-order valence-corrected chi connectivity index (χ2v) is 3.61. The van der Waals surface area contributed by atoms with Gasteiger partial charge in [-0.2, -0.15) is 0 Å². The summed E-state index contributed by atoms with van der Waals surface area (Å²) in [6.07, 6.45) is -1.04. The van der Waals surface area contributed by atoms with E-state index in [0.29, 0.717) is 5.56 Å². The van der Waals surface area contributed by atoms with Gasteiger partial charge in [0.05, 0.1) is 24.1 Å². The van der Waals surface area contributed by atoms with E-state index in [4.69, 9.17) is 0 Å². The summed E-state index contributed by atoms with van der Waals surface area (Å²) in [4.78, 5) is 21.1. The molecule has 0 heterocycles. The average molecular weight is 239 g/mol. The zero-order valence-corrected chi connectivity index (χ0v) is 9.49. The smallest absolute Gasteiger partial charge is 0.311 e. The fourth-order valence-electron chi connectivity index (χ4n) is 1.40. The van der Waals surface area contributed by atoms with Crippen LogP contribution >= 0.6 is 0 Å². The van der Waals surface area contributed by atoms with Crippen molar-refractivity contribution in [1.29, 1.82) is 0 Å². The summed E-state index contributed by atoms with van der Waals surface area (Å²) in [7, 11) is 1.24. The molecule has 0 amide bonds. The van der Waals surface area contributed by atoms with Gasteiger partial charge in [-0.15, -0.1) is 0 Å². The monoisotopic (exact) mass is 239 g/mol. The number of non-ortho nitro benzene ring substituents is 1. The summed E-state index contributed by atoms with van der Waals surface area (Å²) in [5, 5.41) is 20.3. The Morgan fingerprint density at radius 1 is 1.41 bits per heavy atom. The zero-order chi connectivity index (χ0) is 13.0. The number of aliphatic hydroxyl groups is 1. The van der Waals surface area contributed by atoms with Crippen molar-refractivity contribution in [1.82, 2.24) is 0 Å². The van der Waals surface area contributed by atoms with Crippen LogP contribution in [0.2, 0.25) is 0 Å². The topological polar surface area (TPSA) is 89.7 Å². The molecule has 0 saturated carbocycles. The van der Waals surface area contributed by atoms with Crippen molar-refractivity contribution < 1.29 is 19.6 Å². The lowest BCUT2D eigenvalue weighted by Gasteiger charge is -2.16. The molecule has 0 bridgehead atoms. The highest BCUT2D eigenvalue weighted by Gasteiger charge is 2.24. The molecule has 0 saturated heterocycles. The molecule has 1 rings (SSSR count). The quantitative estimate of drug-likeness (QED) is 0.487. The largest absolute Gasteiger partial charge is 0.469 e. The fourth-order valence-corrected chi connectivity index (χ4v) is 1.40. The summed E-state index contributed by atoms with van der Waals surface area (Å²) >= 11 is 0. The minimum absolute atomic E-state index is 0.0633. The molecule has 92 valence electrons. The molecule has 0 spiro atoms. The third-order valence-corrected chi connectivity index (χ3v) is 2.49. The molecule has 0 radical (unpaired) electrons. The Kier molecular flexibility index (Phi) is 4.17. The lowest BCUT2D eigenvalue weighted by Crippen LogP contribution is -2.20. The Labute approximate surface area is 98.0 Å². The number of benzene rings is 1. The number of aliphatic hydroxyl groups excluding tert-OH is 1. The van der Waals surface area contributed by atoms with E-state index in [1.165, 1.54) is 38.3 Å². The molecule has 0 aliphatic rings. The van der Waals surface area contributed by atoms with Gasteiger partial charge in [0.1, 0.15) is 0 Å². The van der Waals surface area contributed by atoms with E-state index < -0.39 is 22.9 Å². The molecule has 2 unspecified atom stereocenters. The number of nitrogens with zero attached hydrogens (tertiary/aromatic N) is 1. The normalized spacial score (nSPS) is 13.8. The molecule has 2 atom stereocenters. The van der Waals surface area contributed by atoms with Crippen LogP contribution in [-0.4, -0.2) is 23.1 Å². The second kappa shape index (κ2) is 5.40. The van der Waals surface area contributed by atoms with E-state index in [0.717, 1.165) is 0 Å². The van der Waals surface area contributed by atoms with Crippen molar-refractivity contribution in [3.63, 3.8) is 0 Å². The van der Waals surface area contributed by atoms with Crippen LogP contribution < -0.4 is 0 Å². The molecule has 0 aromatic heterocycles. The fraction of sp³-hybridized carbons (Fsp3) is 0.364. The van der Waals surface area contributed by atoms with Crippen molar-refractivity contribution in [2.75, 3.05) is 7.11 Å². The average Bonchev–Trinajstić information content (AvgIpc) is 2.36. The predicted molar refractivity (Wildman–Crippen MR) is 59.2 cm³/mol. The minimum atomic E-state index is -1.04. The van der Waals surface area contributed by atoms with Crippen molar-refractivity contribution in [3.05, 3.63) is 39.9 Å². The van der Waals surface area contributed by atoms with Crippen molar-refractivity contribution in [2.45, 2.75) is 13.0 Å². The molecule has 1 aromatic rings. The van der Waals surface area contributed by atoms with Crippen LogP contribution in [0.3, 0.4) is 0 Å². The molecule has 6 heteroatoms. The van der Waals surface area contributed by atoms with Crippen LogP contribution in [0.15, 0.2) is 24.3 Å². The van der Waals surface area contributed by atoms with Gasteiger partial charge in [0, 0.05) is 12.1 Å². The molecule has 6 nitrogen and oxygen atoms in total. The van der Waals surface area contributed by atoms with Gasteiger partial charge < -0.3 is 9.84 Å². The van der Waals surface area contributed by atoms with Gasteiger partial charge in [0.15, 0.2) is 0 Å². The molecule has 0 aliphatic carbocycles. The van der Waals surface area contributed by atoms with Crippen LogP contribution in [0.1, 0.15) is 18.6 Å². The first-order chi connectivity index (χ1) is 7.97. The second-order valence-electron chi connectivity index (χ2n) is 3.61. The van der Waals surface area contributed by atoms with Crippen LogP contribution in [-0.2, 0) is 9.53 Å². The number of rotatable bonds is 4. The number of carbonyl (C=O) groups excluding carboxylic acids is 1. The van der Waals surface area contributed by atoms with E-state index in [1.54, 1.807) is 0 Å². The SMILES string of the molecule is COC(=O)C(C)C(O)c1ccc([N+](=O)[O-])cc1. The molecule has 0 fully saturated rings. The van der Waals surface area contributed by atoms with Crippen LogP contribution in [0.25, 0.3) is 0 Å². The van der Waals surface area contributed by atoms with Gasteiger partial charge in [-0.1, -0.05) is 0 Å². The van der Waals surface area contributed by atoms with E-state index in [9.17, 15) is 20.0 Å². The van der Waals surface area contributed by atoms with Gasteiger partial charge in [0.2, 0.25) is 0 Å². The van der Waals surface area contributed by atoms with Gasteiger partial charge >= 0.3 is 5.97 Å². The first kappa shape index (κ1) is 13.1. The Balaban J connectivity index is 2.86. The lowest BCUT2D eigenvalue weighted by molar-refractivity contribution is -0.384. The van der Waals surface area contributed by atoms with Gasteiger partial charge in [0.25, 0.3) is 5.69 Å². The standard InChI is InChI=1S/C11H13NO5/c1-7(11(14)17-2)10(13)8-3-5-9(6-4-8)12(15)16/h3-7,10,13H,1-2H3. The van der Waals surface area contributed by atoms with E-state index in [2.05, 4.69) is 4.74 Å². The maximum absolute atomic E-state index is 11.2. The molecule has 1 N–H and O–H groups in total. The Bertz CT molecular complexity index is 414. The molecule has 1 aromatic carbocycles. The number of hydrogen-bond donors (Lipinski definition) is 1. The summed E-state index contributed by atoms with van der Waals surface area (Å²) in [5.41, 5.74) is 0.375. The van der Waals surface area contributed by atoms with Gasteiger partial charge in [-0.3, -0.25) is 14.9 Å². The lowest BCUT2D eigenvalue weighted by atomic mass is 9.97. The van der Waals surface area contributed by atoms with Crippen molar-refractivity contribution >= 4 is 11.7 Å². The number of methoxy groups -OCH3 is 1. The van der Waals surface area contributed by atoms with Crippen molar-refractivity contribution in [3.8, 4) is 0 Å². The third kappa shape index (κ3) is 3.01. The maximum atomic E-state index is 11.2. The number of ether oxygens (including phenoxy) is 1. The summed E-state index contributed by atoms with van der Waals surface area (Å²) in [6, 6.07) is 5.40. The molecular formula is C11H13NO5. The Hall–Kier alpha value is -1.95. The number of esters is 1. The maximum Gasteiger partial charge on any atom is 0.311 e. The predicted octanol–water partition coefficient (Wildman–Crippen LogP) is 1.44. The summed E-state index contributed by atoms with van der Waals surface area (Å²) in [5.74, 6) is -1.25. The summed E-state index contributed by atoms with van der Waals surface area (Å²) < 4.78 is 4.51. The highest BCUT2D eigenvalue weighted by molar-refractivity contribution is 5.72. The first-order valence-corrected chi connectivity index (χ1v) is 4.97. The zero-order valence-electron chi connectivity index (χ0n) is 9.49. The van der Waals surface area contributed by atoms with Gasteiger partial charge in [-0.05, 0) is 24.6 Å². The Morgan fingerprint density at radius 3 is 2.35 bits per heavy atom. The highest BCUT2D eigenvalue weighted by atomic mass is 16.6. The molecular weight excluding hydrogens is 226 g/mol. The van der Waals surface area contributed by atoms with E-state index >= 15 is 0 Å². The number of nitro groups is 1. The summed E-state index contributed by atoms with van der Waals surface area (Å²) in [6.45, 7) is 1.53. The Morgan fingerprint density at radius 2 is 1.94 bits per heavy atom. The highest BCUT2D eigenvalue weighted by Crippen LogP contribution is 2.24. The number of nitro benzene ring substituents is 1. The van der Waals surface area contributed by atoms with Crippen LogP contribution in [0.4, 0.5) is 5.69 Å². The third-order valence-electron chi connectivity index (χ3n) is 2.49. The number of hydrogen-bond acceptors (Lipinski definition) is 5. The number of carbonyl (C=O) groups is 1. The van der Waals surface area contributed by atoms with Crippen LogP contribution in [0.5, 0.6) is 0 Å².